The fourth-order valence-corrected chi connectivity index (χ4v) is 6.03. The van der Waals surface area contributed by atoms with Crippen molar-refractivity contribution in [2.24, 2.45) is 0 Å². The summed E-state index contributed by atoms with van der Waals surface area (Å²) in [5, 5.41) is 0. The molecule has 0 N–H and O–H groups in total. The zero-order valence-electron chi connectivity index (χ0n) is 17.7. The summed E-state index contributed by atoms with van der Waals surface area (Å²) in [6.45, 7) is 4.54. The molecule has 3 heteroatoms. The molecule has 0 atom stereocenters. The normalized spacial score (nSPS) is 21.3. The number of benzene rings is 2. The van der Waals surface area contributed by atoms with E-state index in [9.17, 15) is 0 Å². The van der Waals surface area contributed by atoms with E-state index in [2.05, 4.69) is 71.0 Å². The van der Waals surface area contributed by atoms with Gasteiger partial charge in [0.1, 0.15) is 5.82 Å². The average molecular weight is 388 g/mol. The smallest absolute Gasteiger partial charge is 0.106 e. The molecule has 2 aromatic carbocycles. The molecule has 2 heterocycles. The van der Waals surface area contributed by atoms with E-state index in [0.717, 1.165) is 11.3 Å². The first-order valence-electron chi connectivity index (χ1n) is 11.5. The Balaban J connectivity index is 1.41. The maximum Gasteiger partial charge on any atom is 0.106 e. The van der Waals surface area contributed by atoms with E-state index in [4.69, 9.17) is 4.98 Å². The van der Waals surface area contributed by atoms with Crippen LogP contribution in [0, 0.1) is 6.92 Å². The van der Waals surface area contributed by atoms with E-state index < -0.39 is 0 Å². The van der Waals surface area contributed by atoms with Gasteiger partial charge in [0.25, 0.3) is 0 Å². The maximum atomic E-state index is 4.82. The van der Waals surface area contributed by atoms with Gasteiger partial charge in [-0.15, -0.1) is 0 Å². The molecule has 0 radical (unpaired) electrons. The third-order valence-electron chi connectivity index (χ3n) is 7.45. The highest BCUT2D eigenvalue weighted by Crippen LogP contribution is 2.44. The number of para-hydroxylation sites is 2. The van der Waals surface area contributed by atoms with E-state index in [-0.39, 0.29) is 5.54 Å². The molecule has 1 aliphatic heterocycles. The fraction of sp³-hybridized carbons (Fsp3) is 0.500. The van der Waals surface area contributed by atoms with Gasteiger partial charge in [0.2, 0.25) is 0 Å². The van der Waals surface area contributed by atoms with E-state index in [0.29, 0.717) is 6.04 Å². The van der Waals surface area contributed by atoms with Crippen LogP contribution in [0.1, 0.15) is 68.8 Å². The van der Waals surface area contributed by atoms with Crippen LogP contribution in [0.4, 0.5) is 0 Å². The predicted octanol–water partition coefficient (Wildman–Crippen LogP) is 6.23. The Hall–Kier alpha value is -2.13. The van der Waals surface area contributed by atoms with Crippen molar-refractivity contribution in [3.8, 4) is 0 Å². The summed E-state index contributed by atoms with van der Waals surface area (Å²) >= 11 is 0. The fourth-order valence-electron chi connectivity index (χ4n) is 6.03. The number of fused-ring (bicyclic) bond motifs is 1. The number of likely N-dealkylation sites (tertiary alicyclic amines) is 1. The van der Waals surface area contributed by atoms with Crippen LogP contribution in [-0.2, 0) is 5.54 Å². The first-order chi connectivity index (χ1) is 14.3. The monoisotopic (exact) mass is 387 g/mol. The summed E-state index contributed by atoms with van der Waals surface area (Å²) in [6.07, 6.45) is 10.6. The molecule has 1 aliphatic carbocycles. The second kappa shape index (κ2) is 7.95. The molecular weight excluding hydrogens is 354 g/mol. The lowest BCUT2D eigenvalue weighted by Gasteiger charge is -2.48. The Morgan fingerprint density at radius 1 is 0.828 bits per heavy atom. The van der Waals surface area contributed by atoms with Crippen LogP contribution in [0.2, 0.25) is 0 Å². The van der Waals surface area contributed by atoms with Crippen molar-refractivity contribution < 1.29 is 0 Å². The van der Waals surface area contributed by atoms with Crippen molar-refractivity contribution in [1.82, 2.24) is 14.5 Å². The first-order valence-corrected chi connectivity index (χ1v) is 11.5. The van der Waals surface area contributed by atoms with Gasteiger partial charge < -0.3 is 4.57 Å². The predicted molar refractivity (Wildman–Crippen MR) is 120 cm³/mol. The van der Waals surface area contributed by atoms with Gasteiger partial charge in [0.15, 0.2) is 0 Å². The Bertz CT molecular complexity index is 943. The molecule has 0 unspecified atom stereocenters. The molecule has 3 aromatic rings. The highest BCUT2D eigenvalue weighted by atomic mass is 15.2. The Labute approximate surface area is 174 Å². The molecule has 1 aromatic heterocycles. The number of hydrogen-bond acceptors (Lipinski definition) is 2. The van der Waals surface area contributed by atoms with Crippen molar-refractivity contribution in [2.75, 3.05) is 13.1 Å². The quantitative estimate of drug-likeness (QED) is 0.497. The minimum Gasteiger partial charge on any atom is -0.325 e. The third-order valence-corrected chi connectivity index (χ3v) is 7.45. The molecule has 3 nitrogen and oxygen atoms in total. The van der Waals surface area contributed by atoms with Crippen LogP contribution in [0.3, 0.4) is 0 Å². The summed E-state index contributed by atoms with van der Waals surface area (Å²) in [7, 11) is 0. The molecule has 0 spiro atoms. The molecular formula is C26H33N3. The van der Waals surface area contributed by atoms with Crippen molar-refractivity contribution in [3.05, 3.63) is 66.0 Å². The third kappa shape index (κ3) is 3.40. The van der Waals surface area contributed by atoms with Crippen molar-refractivity contribution >= 4 is 11.0 Å². The lowest BCUT2D eigenvalue weighted by atomic mass is 9.79. The molecule has 1 saturated carbocycles. The van der Waals surface area contributed by atoms with Crippen molar-refractivity contribution in [1.29, 1.82) is 0 Å². The summed E-state index contributed by atoms with van der Waals surface area (Å²) in [6, 6.07) is 20.6. The number of nitrogens with zero attached hydrogens (tertiary/aromatic N) is 3. The molecule has 29 heavy (non-hydrogen) atoms. The van der Waals surface area contributed by atoms with Gasteiger partial charge >= 0.3 is 0 Å². The van der Waals surface area contributed by atoms with E-state index in [1.807, 2.05) is 0 Å². The number of aryl methyl sites for hydroxylation is 1. The van der Waals surface area contributed by atoms with Crippen LogP contribution >= 0.6 is 0 Å². The number of aromatic nitrogens is 2. The number of imidazole rings is 1. The van der Waals surface area contributed by atoms with E-state index in [1.54, 1.807) is 5.56 Å². The second-order valence-corrected chi connectivity index (χ2v) is 9.05. The van der Waals surface area contributed by atoms with Gasteiger partial charge in [0.05, 0.1) is 11.0 Å². The molecule has 2 fully saturated rings. The molecule has 152 valence electrons. The van der Waals surface area contributed by atoms with E-state index in [1.165, 1.54) is 70.0 Å². The molecule has 1 saturated heterocycles. The van der Waals surface area contributed by atoms with Gasteiger partial charge in [-0.05, 0) is 50.3 Å². The average Bonchev–Trinajstić information content (AvgIpc) is 2.93. The number of hydrogen-bond donors (Lipinski definition) is 0. The number of rotatable bonds is 3. The van der Waals surface area contributed by atoms with Crippen LogP contribution in [0.5, 0.6) is 0 Å². The number of piperidine rings is 1. The van der Waals surface area contributed by atoms with Crippen LogP contribution in [0.15, 0.2) is 54.6 Å². The van der Waals surface area contributed by atoms with Crippen LogP contribution < -0.4 is 0 Å². The topological polar surface area (TPSA) is 21.1 Å². The summed E-state index contributed by atoms with van der Waals surface area (Å²) in [5.41, 5.74) is 4.23. The minimum absolute atomic E-state index is 0.245. The maximum absolute atomic E-state index is 4.82. The Morgan fingerprint density at radius 2 is 1.48 bits per heavy atom. The van der Waals surface area contributed by atoms with Crippen LogP contribution in [-0.4, -0.2) is 27.5 Å². The van der Waals surface area contributed by atoms with Gasteiger partial charge in [-0.1, -0.05) is 68.1 Å². The second-order valence-electron chi connectivity index (χ2n) is 9.05. The highest BCUT2D eigenvalue weighted by Gasteiger charge is 2.40. The SMILES string of the molecule is Cc1nc2ccccc2n1C1CCN(C2(c3ccccc3)CCCCCC2)CC1. The Kier molecular flexibility index (Phi) is 5.17. The zero-order chi connectivity index (χ0) is 19.7. The lowest BCUT2D eigenvalue weighted by molar-refractivity contribution is 0.0357. The molecule has 0 amide bonds. The first kappa shape index (κ1) is 18.9. The van der Waals surface area contributed by atoms with Gasteiger partial charge in [0, 0.05) is 24.7 Å². The largest absolute Gasteiger partial charge is 0.325 e. The summed E-state index contributed by atoms with van der Waals surface area (Å²) in [5.74, 6) is 1.16. The molecule has 0 bridgehead atoms. The van der Waals surface area contributed by atoms with Crippen molar-refractivity contribution in [2.45, 2.75) is 69.9 Å². The molecule has 5 rings (SSSR count). The standard InChI is InChI=1S/C26H33N3/c1-21-27-24-13-7-8-14-25(24)29(21)23-15-19-28(20-16-23)26(17-9-2-3-10-18-26)22-11-5-4-6-12-22/h4-8,11-14,23H,2-3,9-10,15-20H2,1H3. The summed E-state index contributed by atoms with van der Waals surface area (Å²) < 4.78 is 2.51. The summed E-state index contributed by atoms with van der Waals surface area (Å²) in [4.78, 5) is 7.67. The molecule has 2 aliphatic rings. The van der Waals surface area contributed by atoms with Gasteiger partial charge in [-0.2, -0.15) is 0 Å². The lowest BCUT2D eigenvalue weighted by Crippen LogP contribution is -2.50. The van der Waals surface area contributed by atoms with Crippen molar-refractivity contribution in [3.63, 3.8) is 0 Å². The van der Waals surface area contributed by atoms with Gasteiger partial charge in [-0.25, -0.2) is 4.98 Å². The van der Waals surface area contributed by atoms with E-state index >= 15 is 0 Å². The highest BCUT2D eigenvalue weighted by molar-refractivity contribution is 5.76. The Morgan fingerprint density at radius 3 is 2.21 bits per heavy atom. The zero-order valence-corrected chi connectivity index (χ0v) is 17.7. The van der Waals surface area contributed by atoms with Gasteiger partial charge in [-0.3, -0.25) is 4.90 Å². The van der Waals surface area contributed by atoms with Crippen LogP contribution in [0.25, 0.3) is 11.0 Å². The minimum atomic E-state index is 0.245.